The SMILES string of the molecule is O=C(c1ccccc1)c1ccc2nc(NC(=O)C(F)(F)F)c(-c3ccccc3F)n2c1. The summed E-state index contributed by atoms with van der Waals surface area (Å²) >= 11 is 0. The molecule has 1 amide bonds. The average Bonchev–Trinajstić information content (AvgIpc) is 3.10. The molecule has 0 aliphatic heterocycles. The number of hydrogen-bond acceptors (Lipinski definition) is 3. The standard InChI is InChI=1S/C22H13F4N3O2/c23-16-9-5-4-8-15(16)18-20(28-21(31)22(24,25)26)27-17-11-10-14(12-29(17)18)19(30)13-6-2-1-3-7-13/h1-12H,(H,28,31). The Morgan fingerprint density at radius 1 is 0.871 bits per heavy atom. The Morgan fingerprint density at radius 3 is 2.23 bits per heavy atom. The van der Waals surface area contributed by atoms with E-state index >= 15 is 0 Å². The van der Waals surface area contributed by atoms with Gasteiger partial charge in [0.15, 0.2) is 11.6 Å². The van der Waals surface area contributed by atoms with Gasteiger partial charge in [0, 0.05) is 22.9 Å². The third-order valence-electron chi connectivity index (χ3n) is 4.54. The number of hydrogen-bond donors (Lipinski definition) is 1. The Hall–Kier alpha value is -4.01. The first kappa shape index (κ1) is 20.3. The van der Waals surface area contributed by atoms with Crippen molar-refractivity contribution in [1.82, 2.24) is 9.38 Å². The van der Waals surface area contributed by atoms with E-state index in [4.69, 9.17) is 0 Å². The van der Waals surface area contributed by atoms with E-state index in [9.17, 15) is 27.2 Å². The van der Waals surface area contributed by atoms with Gasteiger partial charge in [-0.05, 0) is 24.3 Å². The molecular formula is C22H13F4N3O2. The maximum atomic E-state index is 14.5. The van der Waals surface area contributed by atoms with Gasteiger partial charge in [0.1, 0.15) is 17.2 Å². The van der Waals surface area contributed by atoms with E-state index in [0.29, 0.717) is 5.56 Å². The number of nitrogens with zero attached hydrogens (tertiary/aromatic N) is 2. The van der Waals surface area contributed by atoms with E-state index < -0.39 is 23.7 Å². The summed E-state index contributed by atoms with van der Waals surface area (Å²) in [5, 5.41) is 1.70. The molecular weight excluding hydrogens is 414 g/mol. The summed E-state index contributed by atoms with van der Waals surface area (Å²) in [5.74, 6) is -3.78. The van der Waals surface area contributed by atoms with Crippen molar-refractivity contribution in [1.29, 1.82) is 0 Å². The maximum Gasteiger partial charge on any atom is 0.471 e. The highest BCUT2D eigenvalue weighted by atomic mass is 19.4. The largest absolute Gasteiger partial charge is 0.471 e. The summed E-state index contributed by atoms with van der Waals surface area (Å²) in [6.07, 6.45) is -3.81. The lowest BCUT2D eigenvalue weighted by atomic mass is 10.1. The lowest BCUT2D eigenvalue weighted by Crippen LogP contribution is -2.30. The number of nitrogens with one attached hydrogen (secondary N) is 1. The number of pyridine rings is 1. The highest BCUT2D eigenvalue weighted by Crippen LogP contribution is 2.32. The summed E-state index contributed by atoms with van der Waals surface area (Å²) < 4.78 is 54.2. The molecule has 2 aromatic heterocycles. The molecule has 0 fully saturated rings. The van der Waals surface area contributed by atoms with E-state index in [2.05, 4.69) is 4.98 Å². The number of amides is 1. The Balaban J connectivity index is 1.90. The number of rotatable bonds is 4. The van der Waals surface area contributed by atoms with E-state index in [1.165, 1.54) is 40.9 Å². The van der Waals surface area contributed by atoms with Crippen molar-refractivity contribution in [3.05, 3.63) is 89.9 Å². The Morgan fingerprint density at radius 2 is 1.55 bits per heavy atom. The van der Waals surface area contributed by atoms with Gasteiger partial charge in [-0.15, -0.1) is 0 Å². The number of carbonyl (C=O) groups is 2. The van der Waals surface area contributed by atoms with Gasteiger partial charge < -0.3 is 5.32 Å². The van der Waals surface area contributed by atoms with Crippen LogP contribution < -0.4 is 5.32 Å². The number of ketones is 1. The highest BCUT2D eigenvalue weighted by molar-refractivity contribution is 6.09. The molecule has 0 unspecified atom stereocenters. The van der Waals surface area contributed by atoms with Gasteiger partial charge in [0.05, 0.1) is 0 Å². The molecule has 1 N–H and O–H groups in total. The van der Waals surface area contributed by atoms with E-state index in [-0.39, 0.29) is 28.3 Å². The fourth-order valence-corrected chi connectivity index (χ4v) is 3.11. The van der Waals surface area contributed by atoms with Crippen LogP contribution in [-0.4, -0.2) is 27.3 Å². The number of imidazole rings is 1. The maximum absolute atomic E-state index is 14.5. The minimum Gasteiger partial charge on any atom is -0.301 e. The second-order valence-corrected chi connectivity index (χ2v) is 6.58. The fraction of sp³-hybridized carbons (Fsp3) is 0.0455. The minimum absolute atomic E-state index is 0.0863. The summed E-state index contributed by atoms with van der Waals surface area (Å²) in [6.45, 7) is 0. The molecule has 0 aliphatic rings. The van der Waals surface area contributed by atoms with Gasteiger partial charge in [-0.1, -0.05) is 42.5 Å². The van der Waals surface area contributed by atoms with Crippen LogP contribution in [-0.2, 0) is 4.79 Å². The average molecular weight is 427 g/mol. The highest BCUT2D eigenvalue weighted by Gasteiger charge is 2.39. The van der Waals surface area contributed by atoms with Gasteiger partial charge in [-0.25, -0.2) is 9.37 Å². The Labute approximate surface area is 173 Å². The third-order valence-corrected chi connectivity index (χ3v) is 4.54. The second kappa shape index (κ2) is 7.67. The van der Waals surface area contributed by atoms with Crippen molar-refractivity contribution in [3.63, 3.8) is 0 Å². The van der Waals surface area contributed by atoms with Crippen LogP contribution in [0.15, 0.2) is 72.9 Å². The summed E-state index contributed by atoms with van der Waals surface area (Å²) in [5.41, 5.74) is 0.535. The van der Waals surface area contributed by atoms with E-state index in [1.807, 2.05) is 0 Å². The zero-order valence-corrected chi connectivity index (χ0v) is 15.7. The molecule has 2 aromatic carbocycles. The van der Waals surface area contributed by atoms with Crippen LogP contribution in [0.5, 0.6) is 0 Å². The van der Waals surface area contributed by atoms with E-state index in [1.54, 1.807) is 35.6 Å². The molecule has 0 radical (unpaired) electrons. The molecule has 0 aliphatic carbocycles. The third kappa shape index (κ3) is 3.89. The van der Waals surface area contributed by atoms with Crippen LogP contribution in [0.3, 0.4) is 0 Å². The molecule has 4 aromatic rings. The van der Waals surface area contributed by atoms with Crippen LogP contribution in [0.4, 0.5) is 23.4 Å². The molecule has 156 valence electrons. The van der Waals surface area contributed by atoms with Crippen LogP contribution in [0.2, 0.25) is 0 Å². The number of fused-ring (bicyclic) bond motifs is 1. The summed E-state index contributed by atoms with van der Waals surface area (Å²) in [6, 6.07) is 16.6. The molecule has 4 rings (SSSR count). The number of carbonyl (C=O) groups excluding carboxylic acids is 2. The molecule has 5 nitrogen and oxygen atoms in total. The number of aromatic nitrogens is 2. The number of halogens is 4. The normalized spacial score (nSPS) is 11.5. The zero-order chi connectivity index (χ0) is 22.2. The lowest BCUT2D eigenvalue weighted by Gasteiger charge is -2.10. The van der Waals surface area contributed by atoms with E-state index in [0.717, 1.165) is 6.07 Å². The number of alkyl halides is 3. The molecule has 2 heterocycles. The first-order valence-corrected chi connectivity index (χ1v) is 9.00. The van der Waals surface area contributed by atoms with Crippen molar-refractivity contribution in [2.45, 2.75) is 6.18 Å². The first-order valence-electron chi connectivity index (χ1n) is 9.00. The van der Waals surface area contributed by atoms with Crippen LogP contribution >= 0.6 is 0 Å². The number of anilines is 1. The summed E-state index contributed by atoms with van der Waals surface area (Å²) in [7, 11) is 0. The predicted molar refractivity (Wildman–Crippen MR) is 105 cm³/mol. The van der Waals surface area contributed by atoms with Gasteiger partial charge in [0.25, 0.3) is 0 Å². The Kier molecular flexibility index (Phi) is 5.02. The van der Waals surface area contributed by atoms with Crippen molar-refractivity contribution in [3.8, 4) is 11.3 Å². The van der Waals surface area contributed by atoms with Crippen molar-refractivity contribution in [2.24, 2.45) is 0 Å². The van der Waals surface area contributed by atoms with Crippen LogP contribution in [0.25, 0.3) is 16.9 Å². The zero-order valence-electron chi connectivity index (χ0n) is 15.7. The Bertz CT molecular complexity index is 1300. The second-order valence-electron chi connectivity index (χ2n) is 6.58. The van der Waals surface area contributed by atoms with Gasteiger partial charge in [-0.3, -0.25) is 14.0 Å². The van der Waals surface area contributed by atoms with Gasteiger partial charge in [0.2, 0.25) is 0 Å². The first-order chi connectivity index (χ1) is 14.8. The van der Waals surface area contributed by atoms with Crippen LogP contribution in [0, 0.1) is 5.82 Å². The quantitative estimate of drug-likeness (QED) is 0.373. The monoisotopic (exact) mass is 427 g/mol. The summed E-state index contributed by atoms with van der Waals surface area (Å²) in [4.78, 5) is 28.3. The molecule has 0 atom stereocenters. The number of benzene rings is 2. The molecule has 0 bridgehead atoms. The van der Waals surface area contributed by atoms with Gasteiger partial charge in [-0.2, -0.15) is 13.2 Å². The topological polar surface area (TPSA) is 63.5 Å². The van der Waals surface area contributed by atoms with Crippen molar-refractivity contribution < 1.29 is 27.2 Å². The smallest absolute Gasteiger partial charge is 0.301 e. The lowest BCUT2D eigenvalue weighted by molar-refractivity contribution is -0.167. The minimum atomic E-state index is -5.16. The van der Waals surface area contributed by atoms with Crippen molar-refractivity contribution in [2.75, 3.05) is 5.32 Å². The van der Waals surface area contributed by atoms with Crippen molar-refractivity contribution >= 4 is 23.2 Å². The van der Waals surface area contributed by atoms with Gasteiger partial charge >= 0.3 is 12.1 Å². The molecule has 0 saturated carbocycles. The fourth-order valence-electron chi connectivity index (χ4n) is 3.11. The molecule has 0 spiro atoms. The molecule has 0 saturated heterocycles. The van der Waals surface area contributed by atoms with Crippen LogP contribution in [0.1, 0.15) is 15.9 Å². The molecule has 31 heavy (non-hydrogen) atoms. The predicted octanol–water partition coefficient (Wildman–Crippen LogP) is 4.87. The molecule has 9 heteroatoms.